The standard InChI is InChI=1S/C10H19ClO/c1-5-6-9(7-11)8-12-10(2,3)4/h5,9H,1,6-8H2,2-4H3. The molecule has 0 amide bonds. The summed E-state index contributed by atoms with van der Waals surface area (Å²) in [5, 5.41) is 0. The third-order valence-corrected chi connectivity index (χ3v) is 1.91. The highest BCUT2D eigenvalue weighted by Crippen LogP contribution is 2.13. The van der Waals surface area contributed by atoms with Gasteiger partial charge in [-0.05, 0) is 33.1 Å². The molecule has 0 fully saturated rings. The van der Waals surface area contributed by atoms with E-state index < -0.39 is 0 Å². The maximum atomic E-state index is 5.75. The van der Waals surface area contributed by atoms with E-state index in [1.165, 1.54) is 0 Å². The van der Waals surface area contributed by atoms with Crippen molar-refractivity contribution in [3.8, 4) is 0 Å². The van der Waals surface area contributed by atoms with Crippen LogP contribution >= 0.6 is 11.6 Å². The van der Waals surface area contributed by atoms with Crippen LogP contribution in [0.3, 0.4) is 0 Å². The van der Waals surface area contributed by atoms with E-state index in [1.807, 2.05) is 26.8 Å². The summed E-state index contributed by atoms with van der Waals surface area (Å²) in [4.78, 5) is 0. The lowest BCUT2D eigenvalue weighted by Gasteiger charge is -2.22. The van der Waals surface area contributed by atoms with Crippen molar-refractivity contribution in [3.05, 3.63) is 12.7 Å². The normalized spacial score (nSPS) is 14.3. The van der Waals surface area contributed by atoms with Crippen molar-refractivity contribution in [2.45, 2.75) is 32.8 Å². The molecule has 12 heavy (non-hydrogen) atoms. The highest BCUT2D eigenvalue weighted by Gasteiger charge is 2.13. The zero-order valence-electron chi connectivity index (χ0n) is 8.27. The molecule has 0 aromatic heterocycles. The Kier molecular flexibility index (Phi) is 5.60. The first-order valence-corrected chi connectivity index (χ1v) is 4.84. The van der Waals surface area contributed by atoms with Gasteiger partial charge < -0.3 is 4.74 Å². The molecule has 0 aliphatic rings. The number of ether oxygens (including phenoxy) is 1. The number of halogens is 1. The summed E-state index contributed by atoms with van der Waals surface area (Å²) in [6.07, 6.45) is 2.82. The van der Waals surface area contributed by atoms with E-state index in [2.05, 4.69) is 6.58 Å². The molecule has 1 unspecified atom stereocenters. The smallest absolute Gasteiger partial charge is 0.0598 e. The molecular weight excluding hydrogens is 172 g/mol. The highest BCUT2D eigenvalue weighted by atomic mass is 35.5. The molecule has 0 rings (SSSR count). The lowest BCUT2D eigenvalue weighted by atomic mass is 10.1. The van der Waals surface area contributed by atoms with Gasteiger partial charge in [0.05, 0.1) is 12.2 Å². The van der Waals surface area contributed by atoms with Crippen molar-refractivity contribution < 1.29 is 4.74 Å². The molecule has 0 spiro atoms. The fourth-order valence-corrected chi connectivity index (χ4v) is 0.994. The summed E-state index contributed by atoms with van der Waals surface area (Å²) < 4.78 is 5.60. The fourth-order valence-electron chi connectivity index (χ4n) is 0.779. The number of hydrogen-bond acceptors (Lipinski definition) is 1. The van der Waals surface area contributed by atoms with Gasteiger partial charge in [0.1, 0.15) is 0 Å². The Hall–Kier alpha value is -0.0100. The van der Waals surface area contributed by atoms with Gasteiger partial charge >= 0.3 is 0 Å². The van der Waals surface area contributed by atoms with E-state index in [-0.39, 0.29) is 5.60 Å². The molecule has 0 aliphatic carbocycles. The van der Waals surface area contributed by atoms with Gasteiger partial charge in [-0.2, -0.15) is 0 Å². The maximum absolute atomic E-state index is 5.75. The molecule has 0 aromatic rings. The van der Waals surface area contributed by atoms with Gasteiger partial charge in [-0.1, -0.05) is 6.08 Å². The van der Waals surface area contributed by atoms with Gasteiger partial charge in [0.15, 0.2) is 0 Å². The molecule has 0 saturated carbocycles. The second-order valence-electron chi connectivity index (χ2n) is 3.97. The van der Waals surface area contributed by atoms with E-state index >= 15 is 0 Å². The van der Waals surface area contributed by atoms with Crippen LogP contribution < -0.4 is 0 Å². The summed E-state index contributed by atoms with van der Waals surface area (Å²) >= 11 is 5.75. The van der Waals surface area contributed by atoms with E-state index in [0.29, 0.717) is 11.8 Å². The highest BCUT2D eigenvalue weighted by molar-refractivity contribution is 6.18. The van der Waals surface area contributed by atoms with Crippen LogP contribution in [0, 0.1) is 5.92 Å². The van der Waals surface area contributed by atoms with Crippen LogP contribution in [-0.4, -0.2) is 18.1 Å². The zero-order chi connectivity index (χ0) is 9.61. The summed E-state index contributed by atoms with van der Waals surface area (Å²) in [5.41, 5.74) is -0.0640. The van der Waals surface area contributed by atoms with Gasteiger partial charge in [-0.15, -0.1) is 18.2 Å². The largest absolute Gasteiger partial charge is 0.376 e. The Morgan fingerprint density at radius 3 is 2.42 bits per heavy atom. The number of rotatable bonds is 5. The van der Waals surface area contributed by atoms with Gasteiger partial charge in [-0.3, -0.25) is 0 Å². The predicted octanol–water partition coefficient (Wildman–Crippen LogP) is 3.23. The topological polar surface area (TPSA) is 9.23 Å². The van der Waals surface area contributed by atoms with Crippen LogP contribution in [0.2, 0.25) is 0 Å². The Labute approximate surface area is 80.8 Å². The second-order valence-corrected chi connectivity index (χ2v) is 4.28. The lowest BCUT2D eigenvalue weighted by Crippen LogP contribution is -2.24. The van der Waals surface area contributed by atoms with Crippen molar-refractivity contribution in [3.63, 3.8) is 0 Å². The fraction of sp³-hybridized carbons (Fsp3) is 0.800. The molecule has 0 aromatic carbocycles. The maximum Gasteiger partial charge on any atom is 0.0598 e. The molecule has 0 N–H and O–H groups in total. The molecule has 0 bridgehead atoms. The van der Waals surface area contributed by atoms with Crippen LogP contribution in [0.1, 0.15) is 27.2 Å². The van der Waals surface area contributed by atoms with Crippen LogP contribution in [0.5, 0.6) is 0 Å². The number of allylic oxidation sites excluding steroid dienone is 1. The van der Waals surface area contributed by atoms with Crippen molar-refractivity contribution in [2.24, 2.45) is 5.92 Å². The minimum Gasteiger partial charge on any atom is -0.376 e. The second kappa shape index (κ2) is 5.60. The Morgan fingerprint density at radius 1 is 1.50 bits per heavy atom. The van der Waals surface area contributed by atoms with Crippen molar-refractivity contribution in [1.29, 1.82) is 0 Å². The lowest BCUT2D eigenvalue weighted by molar-refractivity contribution is -0.0184. The zero-order valence-corrected chi connectivity index (χ0v) is 9.03. The first-order chi connectivity index (χ1) is 5.49. The molecule has 0 saturated heterocycles. The predicted molar refractivity (Wildman–Crippen MR) is 54.7 cm³/mol. The molecule has 72 valence electrons. The van der Waals surface area contributed by atoms with Crippen LogP contribution in [-0.2, 0) is 4.74 Å². The molecule has 2 heteroatoms. The molecule has 0 heterocycles. The average Bonchev–Trinajstić information content (AvgIpc) is 1.96. The van der Waals surface area contributed by atoms with Crippen LogP contribution in [0.25, 0.3) is 0 Å². The molecular formula is C10H19ClO. The third-order valence-electron chi connectivity index (χ3n) is 1.47. The minimum absolute atomic E-state index is 0.0640. The molecule has 1 nitrogen and oxygen atoms in total. The summed E-state index contributed by atoms with van der Waals surface area (Å²) in [7, 11) is 0. The van der Waals surface area contributed by atoms with E-state index in [0.717, 1.165) is 13.0 Å². The van der Waals surface area contributed by atoms with E-state index in [4.69, 9.17) is 16.3 Å². The quantitative estimate of drug-likeness (QED) is 0.478. The number of alkyl halides is 1. The van der Waals surface area contributed by atoms with Gasteiger partial charge in [-0.25, -0.2) is 0 Å². The summed E-state index contributed by atoms with van der Waals surface area (Å²) in [5.74, 6) is 1.05. The Morgan fingerprint density at radius 2 is 2.08 bits per heavy atom. The minimum atomic E-state index is -0.0640. The third kappa shape index (κ3) is 6.68. The van der Waals surface area contributed by atoms with Gasteiger partial charge in [0.25, 0.3) is 0 Å². The molecule has 0 radical (unpaired) electrons. The molecule has 1 atom stereocenters. The van der Waals surface area contributed by atoms with Crippen LogP contribution in [0.15, 0.2) is 12.7 Å². The average molecular weight is 191 g/mol. The number of hydrogen-bond donors (Lipinski definition) is 0. The van der Waals surface area contributed by atoms with Crippen molar-refractivity contribution >= 4 is 11.6 Å². The summed E-state index contributed by atoms with van der Waals surface area (Å²) in [6.45, 7) is 10.5. The monoisotopic (exact) mass is 190 g/mol. The SMILES string of the molecule is C=CCC(CCl)COC(C)(C)C. The van der Waals surface area contributed by atoms with Gasteiger partial charge in [0.2, 0.25) is 0 Å². The van der Waals surface area contributed by atoms with E-state index in [1.54, 1.807) is 0 Å². The van der Waals surface area contributed by atoms with Crippen molar-refractivity contribution in [1.82, 2.24) is 0 Å². The van der Waals surface area contributed by atoms with Crippen LogP contribution in [0.4, 0.5) is 0 Å². The summed E-state index contributed by atoms with van der Waals surface area (Å²) in [6, 6.07) is 0. The molecule has 0 aliphatic heterocycles. The van der Waals surface area contributed by atoms with E-state index in [9.17, 15) is 0 Å². The van der Waals surface area contributed by atoms with Crippen molar-refractivity contribution in [2.75, 3.05) is 12.5 Å². The Bertz CT molecular complexity index is 126. The Balaban J connectivity index is 3.64. The van der Waals surface area contributed by atoms with Gasteiger partial charge in [0, 0.05) is 5.88 Å². The first-order valence-electron chi connectivity index (χ1n) is 4.30. The first kappa shape index (κ1) is 12.0.